The van der Waals surface area contributed by atoms with Crippen molar-refractivity contribution in [2.75, 3.05) is 26.4 Å². The fourth-order valence-electron chi connectivity index (χ4n) is 2.23. The monoisotopic (exact) mass is 285 g/mol. The van der Waals surface area contributed by atoms with E-state index in [0.29, 0.717) is 0 Å². The number of morpholine rings is 1. The number of halogens is 3. The van der Waals surface area contributed by atoms with Crippen LogP contribution in [0.1, 0.15) is 6.92 Å². The summed E-state index contributed by atoms with van der Waals surface area (Å²) in [6, 6.07) is -1.48. The number of alkyl halides is 3. The molecule has 2 fully saturated rings. The van der Waals surface area contributed by atoms with Crippen LogP contribution < -0.4 is 0 Å². The first-order valence-electron chi connectivity index (χ1n) is 5.79. The molecule has 1 N–H and O–H groups in total. The van der Waals surface area contributed by atoms with E-state index in [-0.39, 0.29) is 26.4 Å². The lowest BCUT2D eigenvalue weighted by molar-refractivity contribution is -0.280. The maximum absolute atomic E-state index is 13.1. The zero-order chi connectivity index (χ0) is 14.3. The van der Waals surface area contributed by atoms with Gasteiger partial charge in [0.25, 0.3) is 0 Å². The van der Waals surface area contributed by atoms with Crippen LogP contribution in [0.2, 0.25) is 0 Å². The van der Waals surface area contributed by atoms with E-state index in [2.05, 4.69) is 4.74 Å². The van der Waals surface area contributed by atoms with Gasteiger partial charge >= 0.3 is 12.1 Å². The molecule has 3 unspecified atom stereocenters. The number of carbonyl (C=O) groups excluding carboxylic acids is 1. The van der Waals surface area contributed by atoms with E-state index >= 15 is 0 Å². The average Bonchev–Trinajstić information content (AvgIpc) is 2.65. The second-order valence-electron chi connectivity index (χ2n) is 4.29. The van der Waals surface area contributed by atoms with Gasteiger partial charge in [-0.25, -0.2) is 4.79 Å². The quantitative estimate of drug-likeness (QED) is 0.712. The molecule has 0 spiro atoms. The van der Waals surface area contributed by atoms with E-state index in [1.807, 2.05) is 0 Å². The van der Waals surface area contributed by atoms with Crippen molar-refractivity contribution < 1.29 is 37.4 Å². The SMILES string of the molecule is CCOC(=O)C1ON2CCOCC2C1(O)C(F)(F)F. The van der Waals surface area contributed by atoms with Crippen molar-refractivity contribution >= 4 is 5.97 Å². The van der Waals surface area contributed by atoms with Crippen LogP contribution in [0.25, 0.3) is 0 Å². The standard InChI is InChI=1S/C10H14F3NO5/c1-2-18-8(15)7-9(16,10(11,12)13)6-5-17-4-3-14(6)19-7/h6-7,16H,2-5H2,1H3. The average molecular weight is 285 g/mol. The molecule has 2 rings (SSSR count). The van der Waals surface area contributed by atoms with Crippen LogP contribution in [0, 0.1) is 0 Å². The molecule has 0 aromatic rings. The van der Waals surface area contributed by atoms with Crippen LogP contribution in [-0.4, -0.2) is 66.4 Å². The Kier molecular flexibility index (Phi) is 3.74. The van der Waals surface area contributed by atoms with Crippen LogP contribution >= 0.6 is 0 Å². The summed E-state index contributed by atoms with van der Waals surface area (Å²) in [5.74, 6) is -1.24. The Morgan fingerprint density at radius 2 is 2.26 bits per heavy atom. The van der Waals surface area contributed by atoms with E-state index in [9.17, 15) is 23.1 Å². The molecule has 9 heteroatoms. The molecule has 0 aromatic carbocycles. The largest absolute Gasteiger partial charge is 0.464 e. The number of esters is 1. The molecule has 0 bridgehead atoms. The summed E-state index contributed by atoms with van der Waals surface area (Å²) in [6.45, 7) is 1.19. The van der Waals surface area contributed by atoms with Crippen molar-refractivity contribution in [2.45, 2.75) is 30.8 Å². The number of fused-ring (bicyclic) bond motifs is 1. The highest BCUT2D eigenvalue weighted by Gasteiger charge is 2.72. The van der Waals surface area contributed by atoms with Gasteiger partial charge in [0.2, 0.25) is 11.7 Å². The third-order valence-corrected chi connectivity index (χ3v) is 3.18. The van der Waals surface area contributed by atoms with Gasteiger partial charge in [-0.15, -0.1) is 0 Å². The molecule has 3 atom stereocenters. The van der Waals surface area contributed by atoms with Gasteiger partial charge in [-0.3, -0.25) is 4.84 Å². The van der Waals surface area contributed by atoms with E-state index in [4.69, 9.17) is 9.57 Å². The van der Waals surface area contributed by atoms with Crippen molar-refractivity contribution in [3.05, 3.63) is 0 Å². The number of rotatable bonds is 2. The predicted octanol–water partition coefficient (Wildman–Crippen LogP) is -0.142. The normalized spacial score (nSPS) is 36.1. The molecule has 2 heterocycles. The lowest BCUT2D eigenvalue weighted by atomic mass is 9.88. The van der Waals surface area contributed by atoms with Crippen molar-refractivity contribution in [2.24, 2.45) is 0 Å². The first-order chi connectivity index (χ1) is 8.82. The van der Waals surface area contributed by atoms with Crippen LogP contribution in [-0.2, 0) is 19.1 Å². The molecule has 0 amide bonds. The first-order valence-corrected chi connectivity index (χ1v) is 5.79. The van der Waals surface area contributed by atoms with E-state index in [0.717, 1.165) is 5.06 Å². The summed E-state index contributed by atoms with van der Waals surface area (Å²) >= 11 is 0. The zero-order valence-corrected chi connectivity index (χ0v) is 10.1. The third kappa shape index (κ3) is 2.20. The Morgan fingerprint density at radius 1 is 1.58 bits per heavy atom. The third-order valence-electron chi connectivity index (χ3n) is 3.18. The molecule has 2 saturated heterocycles. The molecular formula is C10H14F3NO5. The maximum atomic E-state index is 13.1. The lowest BCUT2D eigenvalue weighted by Gasteiger charge is -2.36. The minimum absolute atomic E-state index is 0.0406. The molecule has 0 saturated carbocycles. The Morgan fingerprint density at radius 3 is 2.84 bits per heavy atom. The summed E-state index contributed by atoms with van der Waals surface area (Å²) < 4.78 is 48.9. The summed E-state index contributed by atoms with van der Waals surface area (Å²) in [7, 11) is 0. The number of aliphatic hydroxyl groups is 1. The Labute approximate surface area is 107 Å². The van der Waals surface area contributed by atoms with Crippen molar-refractivity contribution in [3.63, 3.8) is 0 Å². The van der Waals surface area contributed by atoms with Crippen molar-refractivity contribution in [1.82, 2.24) is 5.06 Å². The fraction of sp³-hybridized carbons (Fsp3) is 0.900. The van der Waals surface area contributed by atoms with Gasteiger partial charge < -0.3 is 14.6 Å². The Hall–Kier alpha value is -0.900. The molecule has 2 aliphatic heterocycles. The Balaban J connectivity index is 2.33. The molecular weight excluding hydrogens is 271 g/mol. The summed E-state index contributed by atoms with van der Waals surface area (Å²) in [4.78, 5) is 16.5. The number of carbonyl (C=O) groups is 1. The number of nitrogens with zero attached hydrogens (tertiary/aromatic N) is 1. The fourth-order valence-corrected chi connectivity index (χ4v) is 2.23. The number of hydrogen-bond donors (Lipinski definition) is 1. The smallest absolute Gasteiger partial charge is 0.422 e. The summed E-state index contributed by atoms with van der Waals surface area (Å²) in [6.07, 6.45) is -7.16. The van der Waals surface area contributed by atoms with Crippen molar-refractivity contribution in [1.29, 1.82) is 0 Å². The molecule has 0 aliphatic carbocycles. The molecule has 0 radical (unpaired) electrons. The molecule has 6 nitrogen and oxygen atoms in total. The topological polar surface area (TPSA) is 68.2 Å². The van der Waals surface area contributed by atoms with E-state index in [1.165, 1.54) is 6.92 Å². The van der Waals surface area contributed by atoms with Crippen LogP contribution in [0.4, 0.5) is 13.2 Å². The lowest BCUT2D eigenvalue weighted by Crippen LogP contribution is -2.64. The highest BCUT2D eigenvalue weighted by atomic mass is 19.4. The van der Waals surface area contributed by atoms with Crippen LogP contribution in [0.3, 0.4) is 0 Å². The second-order valence-corrected chi connectivity index (χ2v) is 4.29. The van der Waals surface area contributed by atoms with Crippen molar-refractivity contribution in [3.8, 4) is 0 Å². The highest BCUT2D eigenvalue weighted by Crippen LogP contribution is 2.45. The van der Waals surface area contributed by atoms with Gasteiger partial charge in [0.05, 0.1) is 25.9 Å². The van der Waals surface area contributed by atoms with E-state index < -0.39 is 29.9 Å². The number of hydrogen-bond acceptors (Lipinski definition) is 6. The number of ether oxygens (including phenoxy) is 2. The first kappa shape index (κ1) is 14.5. The highest BCUT2D eigenvalue weighted by molar-refractivity contribution is 5.77. The van der Waals surface area contributed by atoms with Crippen LogP contribution in [0.15, 0.2) is 0 Å². The minimum atomic E-state index is -5.04. The maximum Gasteiger partial charge on any atom is 0.422 e. The predicted molar refractivity (Wildman–Crippen MR) is 53.8 cm³/mol. The van der Waals surface area contributed by atoms with Gasteiger partial charge in [0.15, 0.2) is 0 Å². The summed E-state index contributed by atoms with van der Waals surface area (Å²) in [5, 5.41) is 11.0. The van der Waals surface area contributed by atoms with Gasteiger partial charge in [-0.05, 0) is 6.92 Å². The van der Waals surface area contributed by atoms with Gasteiger partial charge in [0.1, 0.15) is 0 Å². The van der Waals surface area contributed by atoms with Crippen LogP contribution in [0.5, 0.6) is 0 Å². The van der Waals surface area contributed by atoms with Gasteiger partial charge in [-0.2, -0.15) is 18.2 Å². The second kappa shape index (κ2) is 4.89. The molecule has 2 aliphatic rings. The Bertz CT molecular complexity index is 364. The number of hydroxylamine groups is 2. The molecule has 0 aromatic heterocycles. The molecule has 110 valence electrons. The summed E-state index contributed by atoms with van der Waals surface area (Å²) in [5.41, 5.74) is -3.33. The zero-order valence-electron chi connectivity index (χ0n) is 10.1. The van der Waals surface area contributed by atoms with Gasteiger partial charge in [-0.1, -0.05) is 0 Å². The molecule has 19 heavy (non-hydrogen) atoms. The van der Waals surface area contributed by atoms with Gasteiger partial charge in [0, 0.05) is 6.54 Å². The minimum Gasteiger partial charge on any atom is -0.464 e. The van der Waals surface area contributed by atoms with E-state index in [1.54, 1.807) is 0 Å².